The minimum Gasteiger partial charge on any atom is -0.345 e. The molecule has 0 saturated carbocycles. The second-order valence-corrected chi connectivity index (χ2v) is 6.51. The van der Waals surface area contributed by atoms with Crippen LogP contribution < -0.4 is 5.32 Å². The van der Waals surface area contributed by atoms with Gasteiger partial charge in [0.15, 0.2) is 0 Å². The number of hydrogen-bond donors (Lipinski definition) is 1. The average Bonchev–Trinajstić information content (AvgIpc) is 2.54. The highest BCUT2D eigenvalue weighted by atomic mass is 19.4. The van der Waals surface area contributed by atoms with Crippen LogP contribution in [-0.4, -0.2) is 10.9 Å². The Morgan fingerprint density at radius 1 is 1.15 bits per heavy atom. The first-order valence-corrected chi connectivity index (χ1v) is 8.14. The fraction of sp³-hybridized carbons (Fsp3) is 0.368. The second-order valence-electron chi connectivity index (χ2n) is 6.51. The van der Waals surface area contributed by atoms with Crippen molar-refractivity contribution in [3.05, 3.63) is 64.2 Å². The summed E-state index contributed by atoms with van der Waals surface area (Å²) >= 11 is 0. The molecule has 0 aliphatic carbocycles. The smallest absolute Gasteiger partial charge is 0.345 e. The lowest BCUT2D eigenvalue weighted by molar-refractivity contribution is -0.137. The second kappa shape index (κ2) is 7.43. The van der Waals surface area contributed by atoms with Gasteiger partial charge in [-0.1, -0.05) is 13.8 Å². The van der Waals surface area contributed by atoms with E-state index in [0.29, 0.717) is 17.2 Å². The molecular formula is C19H20F4N2O. The highest BCUT2D eigenvalue weighted by Gasteiger charge is 2.31. The molecule has 2 aromatic rings. The minimum atomic E-state index is -4.58. The fourth-order valence-corrected chi connectivity index (χ4v) is 2.50. The van der Waals surface area contributed by atoms with Gasteiger partial charge in [0.2, 0.25) is 0 Å². The fourth-order valence-electron chi connectivity index (χ4n) is 2.50. The van der Waals surface area contributed by atoms with Crippen LogP contribution in [-0.2, 0) is 6.18 Å². The number of benzene rings is 1. The normalized spacial score (nSPS) is 13.0. The maximum absolute atomic E-state index is 14.0. The number of alkyl halides is 3. The number of nitrogens with one attached hydrogen (secondary N) is 1. The van der Waals surface area contributed by atoms with Crippen molar-refractivity contribution >= 4 is 5.91 Å². The molecule has 0 spiro atoms. The van der Waals surface area contributed by atoms with Crippen LogP contribution >= 0.6 is 0 Å². The summed E-state index contributed by atoms with van der Waals surface area (Å²) in [5.41, 5.74) is 0.534. The largest absolute Gasteiger partial charge is 0.416 e. The van der Waals surface area contributed by atoms with Crippen molar-refractivity contribution in [1.29, 1.82) is 0 Å². The van der Waals surface area contributed by atoms with E-state index in [1.54, 1.807) is 19.2 Å². The first kappa shape index (κ1) is 19.9. The van der Waals surface area contributed by atoms with Crippen LogP contribution in [0.2, 0.25) is 0 Å². The van der Waals surface area contributed by atoms with Gasteiger partial charge < -0.3 is 5.32 Å². The van der Waals surface area contributed by atoms with Gasteiger partial charge in [0.05, 0.1) is 11.6 Å². The quantitative estimate of drug-likeness (QED) is 0.757. The number of aryl methyl sites for hydroxylation is 1. The number of pyridine rings is 1. The third-order valence-corrected chi connectivity index (χ3v) is 4.10. The van der Waals surface area contributed by atoms with Crippen molar-refractivity contribution in [3.63, 3.8) is 0 Å². The van der Waals surface area contributed by atoms with Crippen LogP contribution in [0.3, 0.4) is 0 Å². The lowest BCUT2D eigenvalue weighted by Gasteiger charge is -2.18. The van der Waals surface area contributed by atoms with Crippen LogP contribution in [0, 0.1) is 12.7 Å². The number of rotatable bonds is 4. The molecule has 140 valence electrons. The van der Waals surface area contributed by atoms with Gasteiger partial charge >= 0.3 is 6.18 Å². The molecule has 0 saturated heterocycles. The Balaban J connectivity index is 2.29. The van der Waals surface area contributed by atoms with Crippen molar-refractivity contribution in [3.8, 4) is 0 Å². The van der Waals surface area contributed by atoms with E-state index < -0.39 is 29.5 Å². The molecule has 1 atom stereocenters. The molecular weight excluding hydrogens is 348 g/mol. The van der Waals surface area contributed by atoms with Crippen molar-refractivity contribution in [1.82, 2.24) is 10.3 Å². The average molecular weight is 368 g/mol. The van der Waals surface area contributed by atoms with Crippen LogP contribution in [0.1, 0.15) is 65.5 Å². The minimum absolute atomic E-state index is 0.112. The summed E-state index contributed by atoms with van der Waals surface area (Å²) in [4.78, 5) is 16.8. The van der Waals surface area contributed by atoms with E-state index in [1.165, 1.54) is 6.92 Å². The van der Waals surface area contributed by atoms with Crippen molar-refractivity contribution in [2.75, 3.05) is 0 Å². The Bertz CT molecular complexity index is 816. The maximum Gasteiger partial charge on any atom is 0.416 e. The van der Waals surface area contributed by atoms with Gasteiger partial charge in [-0.15, -0.1) is 0 Å². The van der Waals surface area contributed by atoms with Gasteiger partial charge in [-0.3, -0.25) is 9.78 Å². The number of halogens is 4. The zero-order valence-electron chi connectivity index (χ0n) is 14.9. The number of carbonyl (C=O) groups excluding carboxylic acids is 1. The van der Waals surface area contributed by atoms with Gasteiger partial charge in [-0.2, -0.15) is 13.2 Å². The van der Waals surface area contributed by atoms with Crippen molar-refractivity contribution in [2.24, 2.45) is 0 Å². The predicted octanol–water partition coefficient (Wildman–Crippen LogP) is 5.16. The molecule has 1 aromatic carbocycles. The molecule has 0 fully saturated rings. The molecule has 26 heavy (non-hydrogen) atoms. The third-order valence-electron chi connectivity index (χ3n) is 4.10. The summed E-state index contributed by atoms with van der Waals surface area (Å²) in [6.07, 6.45) is -3.01. The summed E-state index contributed by atoms with van der Waals surface area (Å²) < 4.78 is 52.5. The number of nitrogens with zero attached hydrogens (tertiary/aromatic N) is 1. The summed E-state index contributed by atoms with van der Waals surface area (Å²) in [7, 11) is 0. The summed E-state index contributed by atoms with van der Waals surface area (Å²) in [5, 5.41) is 2.56. The Hall–Kier alpha value is -2.44. The Kier molecular flexibility index (Phi) is 5.68. The van der Waals surface area contributed by atoms with Crippen LogP contribution in [0.25, 0.3) is 0 Å². The number of carbonyl (C=O) groups is 1. The summed E-state index contributed by atoms with van der Waals surface area (Å²) in [6.45, 7) is 7.01. The number of aromatic nitrogens is 1. The zero-order chi connectivity index (χ0) is 19.6. The van der Waals surface area contributed by atoms with E-state index in [2.05, 4.69) is 10.3 Å². The molecule has 0 bridgehead atoms. The van der Waals surface area contributed by atoms with E-state index in [1.807, 2.05) is 13.8 Å². The van der Waals surface area contributed by atoms with Crippen LogP contribution in [0.15, 0.2) is 30.5 Å². The van der Waals surface area contributed by atoms with Gasteiger partial charge in [0.1, 0.15) is 5.82 Å². The van der Waals surface area contributed by atoms with Gasteiger partial charge in [0, 0.05) is 23.0 Å². The monoisotopic (exact) mass is 368 g/mol. The maximum atomic E-state index is 14.0. The van der Waals surface area contributed by atoms with E-state index >= 15 is 0 Å². The van der Waals surface area contributed by atoms with E-state index in [0.717, 1.165) is 17.8 Å². The molecule has 0 unspecified atom stereocenters. The number of amides is 1. The Labute approximate surface area is 149 Å². The van der Waals surface area contributed by atoms with Gasteiger partial charge in [0.25, 0.3) is 5.91 Å². The molecule has 1 aromatic heterocycles. The molecule has 3 nitrogen and oxygen atoms in total. The first-order chi connectivity index (χ1) is 12.0. The lowest BCUT2D eigenvalue weighted by Crippen LogP contribution is -2.28. The van der Waals surface area contributed by atoms with Crippen LogP contribution in [0.5, 0.6) is 0 Å². The molecule has 1 N–H and O–H groups in total. The van der Waals surface area contributed by atoms with E-state index in [9.17, 15) is 22.4 Å². The lowest BCUT2D eigenvalue weighted by atomic mass is 10.0. The first-order valence-electron chi connectivity index (χ1n) is 8.14. The van der Waals surface area contributed by atoms with Crippen LogP contribution in [0.4, 0.5) is 17.6 Å². The topological polar surface area (TPSA) is 42.0 Å². The number of hydrogen-bond acceptors (Lipinski definition) is 2. The summed E-state index contributed by atoms with van der Waals surface area (Å²) in [6, 6.07) is 2.87. The standard InChI is InChI=1S/C19H20F4N2O/c1-10(2)17-8-14(11(3)9-24-17)18(26)25-12(4)15-7-13(19(21,22)23)5-6-16(15)20/h5-10,12H,1-4H3,(H,25,26)/t12-/m1/s1. The SMILES string of the molecule is Cc1cnc(C(C)C)cc1C(=O)N[C@H](C)c1cc(C(F)(F)F)ccc1F. The highest BCUT2D eigenvalue weighted by molar-refractivity contribution is 5.95. The zero-order valence-corrected chi connectivity index (χ0v) is 14.9. The van der Waals surface area contributed by atoms with Crippen molar-refractivity contribution in [2.45, 2.75) is 45.8 Å². The molecule has 1 amide bonds. The van der Waals surface area contributed by atoms with E-state index in [4.69, 9.17) is 0 Å². The summed E-state index contributed by atoms with van der Waals surface area (Å²) in [5.74, 6) is -1.18. The Morgan fingerprint density at radius 3 is 2.38 bits per heavy atom. The molecule has 0 aliphatic heterocycles. The molecule has 7 heteroatoms. The predicted molar refractivity (Wildman–Crippen MR) is 90.3 cm³/mol. The third kappa shape index (κ3) is 4.39. The van der Waals surface area contributed by atoms with Gasteiger partial charge in [-0.25, -0.2) is 4.39 Å². The molecule has 1 heterocycles. The molecule has 0 radical (unpaired) electrons. The van der Waals surface area contributed by atoms with Crippen molar-refractivity contribution < 1.29 is 22.4 Å². The molecule has 2 rings (SSSR count). The van der Waals surface area contributed by atoms with E-state index in [-0.39, 0.29) is 11.5 Å². The highest BCUT2D eigenvalue weighted by Crippen LogP contribution is 2.32. The van der Waals surface area contributed by atoms with Gasteiger partial charge in [-0.05, 0) is 49.6 Å². The Morgan fingerprint density at radius 2 is 1.81 bits per heavy atom. The molecule has 0 aliphatic rings.